The van der Waals surface area contributed by atoms with Gasteiger partial charge in [0.05, 0.1) is 18.5 Å². The first kappa shape index (κ1) is 13.6. The van der Waals surface area contributed by atoms with Gasteiger partial charge in [-0.1, -0.05) is 0 Å². The number of hydrogen-bond donors (Lipinski definition) is 1. The number of rotatable bonds is 6. The van der Waals surface area contributed by atoms with Crippen molar-refractivity contribution in [3.63, 3.8) is 0 Å². The van der Waals surface area contributed by atoms with E-state index in [1.165, 1.54) is 25.7 Å². The van der Waals surface area contributed by atoms with E-state index >= 15 is 0 Å². The smallest absolute Gasteiger partial charge is 0.234 e. The highest BCUT2D eigenvalue weighted by atomic mass is 16.5. The van der Waals surface area contributed by atoms with Crippen LogP contribution in [0.1, 0.15) is 39.5 Å². The zero-order valence-electron chi connectivity index (χ0n) is 12.4. The number of nitrogens with zero attached hydrogens (tertiary/aromatic N) is 3. The van der Waals surface area contributed by atoms with Gasteiger partial charge in [0.1, 0.15) is 0 Å². The summed E-state index contributed by atoms with van der Waals surface area (Å²) in [4.78, 5) is 11.3. The molecule has 1 aliphatic heterocycles. The lowest BCUT2D eigenvalue weighted by Crippen LogP contribution is -2.39. The molecule has 3 rings (SSSR count). The lowest BCUT2D eigenvalue weighted by molar-refractivity contribution is 0.231. The summed E-state index contributed by atoms with van der Waals surface area (Å²) in [5.74, 6) is 1.59. The van der Waals surface area contributed by atoms with Gasteiger partial charge in [0, 0.05) is 18.6 Å². The standard InChI is InChI=1S/C15H24N4O/c1-11(2)20-15-9-16-8-14(18-15)19(13-5-6-13)10-12-4-3-7-17-12/h8-9,11-13,17H,3-7,10H2,1-2H3. The van der Waals surface area contributed by atoms with Gasteiger partial charge in [0.25, 0.3) is 0 Å². The first-order chi connectivity index (χ1) is 9.72. The Hall–Kier alpha value is -1.36. The van der Waals surface area contributed by atoms with Crippen molar-refractivity contribution in [2.75, 3.05) is 18.0 Å². The van der Waals surface area contributed by atoms with E-state index in [-0.39, 0.29) is 6.10 Å². The molecule has 1 aromatic heterocycles. The Bertz CT molecular complexity index is 441. The summed E-state index contributed by atoms with van der Waals surface area (Å²) in [6, 6.07) is 1.23. The molecule has 1 unspecified atom stereocenters. The van der Waals surface area contributed by atoms with Gasteiger partial charge in [-0.15, -0.1) is 0 Å². The Morgan fingerprint density at radius 3 is 2.85 bits per heavy atom. The fourth-order valence-electron chi connectivity index (χ4n) is 2.74. The second kappa shape index (κ2) is 5.95. The van der Waals surface area contributed by atoms with Crippen molar-refractivity contribution in [3.05, 3.63) is 12.4 Å². The molecule has 0 spiro atoms. The third-order valence-corrected chi connectivity index (χ3v) is 3.82. The van der Waals surface area contributed by atoms with E-state index in [0.717, 1.165) is 18.9 Å². The fraction of sp³-hybridized carbons (Fsp3) is 0.733. The Morgan fingerprint density at radius 1 is 1.35 bits per heavy atom. The first-order valence-electron chi connectivity index (χ1n) is 7.71. The molecule has 1 N–H and O–H groups in total. The molecular formula is C15H24N4O. The maximum atomic E-state index is 5.66. The van der Waals surface area contributed by atoms with E-state index in [1.807, 2.05) is 20.0 Å². The summed E-state index contributed by atoms with van der Waals surface area (Å²) in [5.41, 5.74) is 0. The average Bonchev–Trinajstić information content (AvgIpc) is 3.12. The van der Waals surface area contributed by atoms with Gasteiger partial charge in [-0.2, -0.15) is 4.98 Å². The van der Waals surface area contributed by atoms with Gasteiger partial charge in [0.15, 0.2) is 5.82 Å². The zero-order valence-corrected chi connectivity index (χ0v) is 12.4. The first-order valence-corrected chi connectivity index (χ1v) is 7.71. The Balaban J connectivity index is 1.72. The van der Waals surface area contributed by atoms with Crippen LogP contribution < -0.4 is 15.0 Å². The van der Waals surface area contributed by atoms with E-state index in [2.05, 4.69) is 20.2 Å². The van der Waals surface area contributed by atoms with Crippen LogP contribution in [0.3, 0.4) is 0 Å². The Morgan fingerprint density at radius 2 is 2.20 bits per heavy atom. The lowest BCUT2D eigenvalue weighted by atomic mass is 10.2. The molecule has 5 heteroatoms. The summed E-state index contributed by atoms with van der Waals surface area (Å²) < 4.78 is 5.66. The van der Waals surface area contributed by atoms with Crippen LogP contribution in [-0.4, -0.2) is 41.2 Å². The molecule has 0 bridgehead atoms. The zero-order chi connectivity index (χ0) is 13.9. The molecule has 2 aliphatic rings. The van der Waals surface area contributed by atoms with Crippen molar-refractivity contribution in [1.82, 2.24) is 15.3 Å². The van der Waals surface area contributed by atoms with Crippen molar-refractivity contribution < 1.29 is 4.74 Å². The Labute approximate surface area is 120 Å². The van der Waals surface area contributed by atoms with Crippen LogP contribution in [0.5, 0.6) is 5.88 Å². The number of aromatic nitrogens is 2. The third kappa shape index (κ3) is 3.39. The molecule has 2 fully saturated rings. The van der Waals surface area contributed by atoms with Crippen LogP contribution in [0.4, 0.5) is 5.82 Å². The predicted molar refractivity (Wildman–Crippen MR) is 79.2 cm³/mol. The molecule has 1 atom stereocenters. The second-order valence-electron chi connectivity index (χ2n) is 6.06. The average molecular weight is 276 g/mol. The highest BCUT2D eigenvalue weighted by Crippen LogP contribution is 2.31. The van der Waals surface area contributed by atoms with Gasteiger partial charge in [-0.05, 0) is 46.1 Å². The minimum Gasteiger partial charge on any atom is -0.474 e. The van der Waals surface area contributed by atoms with E-state index < -0.39 is 0 Å². The number of nitrogens with one attached hydrogen (secondary N) is 1. The minimum atomic E-state index is 0.130. The van der Waals surface area contributed by atoms with Crippen LogP contribution >= 0.6 is 0 Å². The summed E-state index contributed by atoms with van der Waals surface area (Å²) in [6.45, 7) is 6.20. The topological polar surface area (TPSA) is 50.3 Å². The molecule has 20 heavy (non-hydrogen) atoms. The molecule has 2 heterocycles. The largest absolute Gasteiger partial charge is 0.474 e. The molecule has 110 valence electrons. The molecule has 0 radical (unpaired) electrons. The molecule has 1 saturated carbocycles. The minimum absolute atomic E-state index is 0.130. The molecule has 5 nitrogen and oxygen atoms in total. The van der Waals surface area contributed by atoms with Crippen LogP contribution in [0.2, 0.25) is 0 Å². The van der Waals surface area contributed by atoms with Gasteiger partial charge in [0.2, 0.25) is 5.88 Å². The molecule has 1 aromatic rings. The third-order valence-electron chi connectivity index (χ3n) is 3.82. The second-order valence-corrected chi connectivity index (χ2v) is 6.06. The van der Waals surface area contributed by atoms with Crippen molar-refractivity contribution in [2.24, 2.45) is 0 Å². The van der Waals surface area contributed by atoms with Crippen LogP contribution in [0.15, 0.2) is 12.4 Å². The molecule has 0 aromatic carbocycles. The van der Waals surface area contributed by atoms with E-state index in [9.17, 15) is 0 Å². The van der Waals surface area contributed by atoms with Crippen LogP contribution in [0, 0.1) is 0 Å². The van der Waals surface area contributed by atoms with E-state index in [1.54, 1.807) is 6.20 Å². The van der Waals surface area contributed by atoms with Crippen LogP contribution in [0.25, 0.3) is 0 Å². The van der Waals surface area contributed by atoms with Gasteiger partial charge in [-0.3, -0.25) is 4.98 Å². The van der Waals surface area contributed by atoms with Crippen molar-refractivity contribution in [3.8, 4) is 5.88 Å². The monoisotopic (exact) mass is 276 g/mol. The predicted octanol–water partition coefficient (Wildman–Crippen LogP) is 1.98. The quantitative estimate of drug-likeness (QED) is 0.861. The summed E-state index contributed by atoms with van der Waals surface area (Å²) in [7, 11) is 0. The maximum Gasteiger partial charge on any atom is 0.234 e. The molecule has 1 aliphatic carbocycles. The molecular weight excluding hydrogens is 252 g/mol. The SMILES string of the molecule is CC(C)Oc1cncc(N(CC2CCCN2)C2CC2)n1. The normalized spacial score (nSPS) is 22.2. The number of anilines is 1. The van der Waals surface area contributed by atoms with E-state index in [4.69, 9.17) is 4.74 Å². The number of hydrogen-bond acceptors (Lipinski definition) is 5. The van der Waals surface area contributed by atoms with Crippen molar-refractivity contribution in [1.29, 1.82) is 0 Å². The lowest BCUT2D eigenvalue weighted by Gasteiger charge is -2.26. The fourth-order valence-corrected chi connectivity index (χ4v) is 2.74. The van der Waals surface area contributed by atoms with Gasteiger partial charge >= 0.3 is 0 Å². The highest BCUT2D eigenvalue weighted by Gasteiger charge is 2.32. The number of ether oxygens (including phenoxy) is 1. The molecule has 0 amide bonds. The van der Waals surface area contributed by atoms with Crippen molar-refractivity contribution in [2.45, 2.75) is 57.7 Å². The Kier molecular flexibility index (Phi) is 4.05. The maximum absolute atomic E-state index is 5.66. The van der Waals surface area contributed by atoms with Gasteiger partial charge in [-0.25, -0.2) is 0 Å². The molecule has 1 saturated heterocycles. The highest BCUT2D eigenvalue weighted by molar-refractivity contribution is 5.41. The summed E-state index contributed by atoms with van der Waals surface area (Å²) in [6.07, 6.45) is 8.77. The van der Waals surface area contributed by atoms with Crippen LogP contribution in [-0.2, 0) is 0 Å². The van der Waals surface area contributed by atoms with Crippen molar-refractivity contribution >= 4 is 5.82 Å². The van der Waals surface area contributed by atoms with E-state index in [0.29, 0.717) is 18.0 Å². The summed E-state index contributed by atoms with van der Waals surface area (Å²) >= 11 is 0. The summed E-state index contributed by atoms with van der Waals surface area (Å²) in [5, 5.41) is 3.57. The van der Waals surface area contributed by atoms with Gasteiger partial charge < -0.3 is 15.0 Å².